The van der Waals surface area contributed by atoms with Crippen LogP contribution in [-0.2, 0) is 0 Å². The van der Waals surface area contributed by atoms with Gasteiger partial charge in [0.1, 0.15) is 0 Å². The minimum Gasteiger partial charge on any atom is -0.287 e. The molecule has 112 valence electrons. The van der Waals surface area contributed by atoms with Crippen molar-refractivity contribution in [1.29, 1.82) is 0 Å². The molecule has 1 heterocycles. The van der Waals surface area contributed by atoms with Gasteiger partial charge < -0.3 is 0 Å². The summed E-state index contributed by atoms with van der Waals surface area (Å²) in [6, 6.07) is 18.5. The van der Waals surface area contributed by atoms with Crippen molar-refractivity contribution in [2.45, 2.75) is 0 Å². The molecule has 0 radical (unpaired) electrons. The smallest absolute Gasteiger partial charge is 0.263 e. The molecule has 23 heavy (non-hydrogen) atoms. The Balaban J connectivity index is 1.69. The Morgan fingerprint density at radius 3 is 2.43 bits per heavy atom. The number of rotatable bonds is 5. The van der Waals surface area contributed by atoms with Crippen molar-refractivity contribution >= 4 is 17.9 Å². The molecular formula is C17H13N5O. The third-order valence-electron chi connectivity index (χ3n) is 3.03. The SMILES string of the molecule is O=C(/C=N\Nc1nncc(-c2ccccc2)n1)c1ccccc1. The molecule has 0 aliphatic heterocycles. The predicted molar refractivity (Wildman–Crippen MR) is 88.2 cm³/mol. The van der Waals surface area contributed by atoms with E-state index in [1.807, 2.05) is 36.4 Å². The molecule has 1 N–H and O–H groups in total. The van der Waals surface area contributed by atoms with E-state index in [0.29, 0.717) is 11.3 Å². The second-order valence-corrected chi connectivity index (χ2v) is 4.63. The fourth-order valence-electron chi connectivity index (χ4n) is 1.92. The Labute approximate surface area is 132 Å². The van der Waals surface area contributed by atoms with Crippen LogP contribution in [0.15, 0.2) is 72.0 Å². The van der Waals surface area contributed by atoms with Crippen LogP contribution in [0.3, 0.4) is 0 Å². The highest BCUT2D eigenvalue weighted by Gasteiger charge is 2.03. The van der Waals surface area contributed by atoms with Crippen LogP contribution >= 0.6 is 0 Å². The Kier molecular flexibility index (Phi) is 4.44. The Morgan fingerprint density at radius 2 is 1.70 bits per heavy atom. The highest BCUT2D eigenvalue weighted by molar-refractivity contribution is 6.35. The van der Waals surface area contributed by atoms with Gasteiger partial charge in [-0.2, -0.15) is 10.2 Å². The Bertz CT molecular complexity index is 819. The molecule has 0 bridgehead atoms. The molecule has 0 saturated carbocycles. The third kappa shape index (κ3) is 3.82. The van der Waals surface area contributed by atoms with Gasteiger partial charge in [-0.15, -0.1) is 5.10 Å². The van der Waals surface area contributed by atoms with Crippen LogP contribution in [0.5, 0.6) is 0 Å². The van der Waals surface area contributed by atoms with Gasteiger partial charge in [0.25, 0.3) is 5.95 Å². The maximum Gasteiger partial charge on any atom is 0.263 e. The molecule has 1 aromatic heterocycles. The van der Waals surface area contributed by atoms with E-state index in [4.69, 9.17) is 0 Å². The Morgan fingerprint density at radius 1 is 1.00 bits per heavy atom. The normalized spacial score (nSPS) is 10.6. The molecule has 3 rings (SSSR count). The van der Waals surface area contributed by atoms with E-state index in [0.717, 1.165) is 5.56 Å². The molecule has 0 fully saturated rings. The third-order valence-corrected chi connectivity index (χ3v) is 3.03. The number of hydrogen-bond donors (Lipinski definition) is 1. The van der Waals surface area contributed by atoms with Gasteiger partial charge in [0, 0.05) is 11.1 Å². The van der Waals surface area contributed by atoms with Gasteiger partial charge in [0.05, 0.1) is 18.1 Å². The van der Waals surface area contributed by atoms with Gasteiger partial charge in [-0.3, -0.25) is 4.79 Å². The second kappa shape index (κ2) is 7.04. The van der Waals surface area contributed by atoms with Gasteiger partial charge in [-0.05, 0) is 0 Å². The standard InChI is InChI=1S/C17H13N5O/c23-16(14-9-5-2-6-10-14)12-19-22-17-20-15(11-18-21-17)13-7-3-1-4-8-13/h1-12H,(H,20,21,22)/b19-12-. The number of ketones is 1. The molecule has 0 aliphatic rings. The van der Waals surface area contributed by atoms with Crippen molar-refractivity contribution in [3.63, 3.8) is 0 Å². The first-order chi connectivity index (χ1) is 11.3. The van der Waals surface area contributed by atoms with Crippen molar-refractivity contribution in [3.05, 3.63) is 72.4 Å². The van der Waals surface area contributed by atoms with Crippen LogP contribution in [0.1, 0.15) is 10.4 Å². The minimum atomic E-state index is -0.203. The lowest BCUT2D eigenvalue weighted by atomic mass is 10.1. The summed E-state index contributed by atoms with van der Waals surface area (Å²) < 4.78 is 0. The lowest BCUT2D eigenvalue weighted by Gasteiger charge is -2.01. The number of anilines is 1. The summed E-state index contributed by atoms with van der Waals surface area (Å²) in [6.45, 7) is 0. The van der Waals surface area contributed by atoms with Gasteiger partial charge in [0.2, 0.25) is 5.78 Å². The Hall–Kier alpha value is -3.41. The summed E-state index contributed by atoms with van der Waals surface area (Å²) in [6.07, 6.45) is 2.76. The zero-order valence-electron chi connectivity index (χ0n) is 12.1. The van der Waals surface area contributed by atoms with Crippen LogP contribution in [0, 0.1) is 0 Å². The maximum atomic E-state index is 11.9. The fourth-order valence-corrected chi connectivity index (χ4v) is 1.92. The second-order valence-electron chi connectivity index (χ2n) is 4.63. The molecule has 2 aromatic carbocycles. The van der Waals surface area contributed by atoms with Crippen molar-refractivity contribution in [1.82, 2.24) is 15.2 Å². The predicted octanol–water partition coefficient (Wildman–Crippen LogP) is 2.82. The van der Waals surface area contributed by atoms with E-state index in [-0.39, 0.29) is 11.7 Å². The molecule has 0 saturated heterocycles. The lowest BCUT2D eigenvalue weighted by Crippen LogP contribution is -2.04. The molecule has 0 unspecified atom stereocenters. The van der Waals surface area contributed by atoms with Crippen molar-refractivity contribution < 1.29 is 4.79 Å². The fraction of sp³-hybridized carbons (Fsp3) is 0. The first kappa shape index (κ1) is 14.5. The van der Waals surface area contributed by atoms with E-state index < -0.39 is 0 Å². The van der Waals surface area contributed by atoms with Gasteiger partial charge in [-0.1, -0.05) is 60.7 Å². The lowest BCUT2D eigenvalue weighted by molar-refractivity contribution is 0.107. The summed E-state index contributed by atoms with van der Waals surface area (Å²) in [5, 5.41) is 11.6. The number of nitrogens with zero attached hydrogens (tertiary/aromatic N) is 4. The topological polar surface area (TPSA) is 80.1 Å². The average Bonchev–Trinajstić information content (AvgIpc) is 2.63. The number of benzene rings is 2. The van der Waals surface area contributed by atoms with E-state index in [9.17, 15) is 4.79 Å². The molecule has 0 amide bonds. The highest BCUT2D eigenvalue weighted by Crippen LogP contribution is 2.15. The summed E-state index contributed by atoms with van der Waals surface area (Å²) in [4.78, 5) is 16.2. The van der Waals surface area contributed by atoms with Crippen molar-refractivity contribution in [3.8, 4) is 11.3 Å². The number of carbonyl (C=O) groups is 1. The molecular weight excluding hydrogens is 290 g/mol. The van der Waals surface area contributed by atoms with Gasteiger partial charge in [-0.25, -0.2) is 10.4 Å². The quantitative estimate of drug-likeness (QED) is 0.445. The van der Waals surface area contributed by atoms with Crippen molar-refractivity contribution in [2.75, 3.05) is 5.43 Å². The number of aromatic nitrogens is 3. The van der Waals surface area contributed by atoms with E-state index in [1.54, 1.807) is 30.5 Å². The number of Topliss-reactive ketones (excluding diaryl/α,β-unsaturated/α-hetero) is 1. The summed E-state index contributed by atoms with van der Waals surface area (Å²) in [7, 11) is 0. The number of carbonyl (C=O) groups excluding carboxylic acids is 1. The molecule has 0 aliphatic carbocycles. The molecule has 6 nitrogen and oxygen atoms in total. The average molecular weight is 303 g/mol. The zero-order valence-corrected chi connectivity index (χ0v) is 12.1. The van der Waals surface area contributed by atoms with Crippen LogP contribution in [-0.4, -0.2) is 27.2 Å². The summed E-state index contributed by atoms with van der Waals surface area (Å²) in [5.74, 6) is 0.0220. The number of hydrazone groups is 1. The monoisotopic (exact) mass is 303 g/mol. The van der Waals surface area contributed by atoms with Crippen LogP contribution < -0.4 is 5.43 Å². The van der Waals surface area contributed by atoms with Crippen molar-refractivity contribution in [2.24, 2.45) is 5.10 Å². The largest absolute Gasteiger partial charge is 0.287 e. The summed E-state index contributed by atoms with van der Waals surface area (Å²) in [5.41, 5.74) is 4.78. The zero-order chi connectivity index (χ0) is 15.9. The summed E-state index contributed by atoms with van der Waals surface area (Å²) >= 11 is 0. The maximum absolute atomic E-state index is 11.9. The van der Waals surface area contributed by atoms with Gasteiger partial charge in [0.15, 0.2) is 0 Å². The van der Waals surface area contributed by atoms with Crippen LogP contribution in [0.4, 0.5) is 5.95 Å². The first-order valence-corrected chi connectivity index (χ1v) is 6.96. The number of hydrogen-bond acceptors (Lipinski definition) is 6. The van der Waals surface area contributed by atoms with E-state index >= 15 is 0 Å². The first-order valence-electron chi connectivity index (χ1n) is 6.96. The molecule has 0 spiro atoms. The molecule has 3 aromatic rings. The van der Waals surface area contributed by atoms with E-state index in [2.05, 4.69) is 25.7 Å². The van der Waals surface area contributed by atoms with Crippen LogP contribution in [0.25, 0.3) is 11.3 Å². The van der Waals surface area contributed by atoms with Gasteiger partial charge >= 0.3 is 0 Å². The number of nitrogens with one attached hydrogen (secondary N) is 1. The minimum absolute atomic E-state index is 0.203. The highest BCUT2D eigenvalue weighted by atomic mass is 16.1. The molecule has 0 atom stereocenters. The van der Waals surface area contributed by atoms with Crippen LogP contribution in [0.2, 0.25) is 0 Å². The molecule has 6 heteroatoms. The van der Waals surface area contributed by atoms with E-state index in [1.165, 1.54) is 6.21 Å².